The van der Waals surface area contributed by atoms with Gasteiger partial charge in [0.2, 0.25) is 0 Å². The zero-order valence-corrected chi connectivity index (χ0v) is 13.3. The lowest BCUT2D eigenvalue weighted by Crippen LogP contribution is -2.10. The van der Waals surface area contributed by atoms with Crippen LogP contribution in [0, 0.1) is 7.14 Å². The highest BCUT2D eigenvalue weighted by Crippen LogP contribution is 2.43. The summed E-state index contributed by atoms with van der Waals surface area (Å²) in [6, 6.07) is 1.70. The molecule has 0 fully saturated rings. The third-order valence-corrected chi connectivity index (χ3v) is 4.41. The SMILES string of the molecule is OC1c2c(I)cc(I)c(OCC(F)F)c2CC1F. The molecule has 0 saturated carbocycles. The van der Waals surface area contributed by atoms with Crippen LogP contribution in [0.4, 0.5) is 13.2 Å². The predicted octanol–water partition coefficient (Wildman–Crippen LogP) is 3.47. The van der Waals surface area contributed by atoms with Crippen LogP contribution in [0.2, 0.25) is 0 Å². The Morgan fingerprint density at radius 1 is 1.39 bits per heavy atom. The van der Waals surface area contributed by atoms with E-state index >= 15 is 0 Å². The molecule has 1 aliphatic carbocycles. The van der Waals surface area contributed by atoms with Crippen LogP contribution in [0.3, 0.4) is 0 Å². The van der Waals surface area contributed by atoms with E-state index in [1.165, 1.54) is 0 Å². The molecule has 1 aromatic carbocycles. The van der Waals surface area contributed by atoms with Gasteiger partial charge in [-0.15, -0.1) is 0 Å². The average molecular weight is 484 g/mol. The summed E-state index contributed by atoms with van der Waals surface area (Å²) in [6.07, 6.45) is -5.18. The number of hydrogen-bond acceptors (Lipinski definition) is 2. The summed E-state index contributed by atoms with van der Waals surface area (Å²) in [6.45, 7) is -0.726. The maximum absolute atomic E-state index is 13.5. The first-order valence-electron chi connectivity index (χ1n) is 5.15. The minimum atomic E-state index is -2.58. The number of aliphatic hydroxyl groups excluding tert-OH is 1. The fraction of sp³-hybridized carbons (Fsp3) is 0.455. The topological polar surface area (TPSA) is 29.5 Å². The summed E-state index contributed by atoms with van der Waals surface area (Å²) in [5.41, 5.74) is 0.972. The standard InChI is InChI=1S/C11H9F3I2O2/c12-5-1-4-9(10(5)17)6(15)2-7(16)11(4)18-3-8(13)14/h2,5,8,10,17H,1,3H2. The van der Waals surface area contributed by atoms with E-state index in [2.05, 4.69) is 0 Å². The molecule has 1 aliphatic rings. The minimum absolute atomic E-state index is 0.00190. The molecule has 100 valence electrons. The molecule has 0 heterocycles. The first-order chi connectivity index (χ1) is 8.41. The summed E-state index contributed by atoms with van der Waals surface area (Å²) >= 11 is 3.96. The number of rotatable bonds is 3. The average Bonchev–Trinajstić information content (AvgIpc) is 2.54. The number of ether oxygens (including phenoxy) is 1. The van der Waals surface area contributed by atoms with Gasteiger partial charge in [0.05, 0.1) is 3.57 Å². The van der Waals surface area contributed by atoms with Crippen LogP contribution in [0.25, 0.3) is 0 Å². The van der Waals surface area contributed by atoms with Crippen molar-refractivity contribution < 1.29 is 23.0 Å². The van der Waals surface area contributed by atoms with Gasteiger partial charge < -0.3 is 9.84 Å². The van der Waals surface area contributed by atoms with Crippen LogP contribution < -0.4 is 4.74 Å². The molecule has 2 rings (SSSR count). The fourth-order valence-corrected chi connectivity index (χ4v) is 4.32. The first kappa shape index (κ1) is 14.6. The largest absolute Gasteiger partial charge is 0.486 e. The lowest BCUT2D eigenvalue weighted by atomic mass is 10.1. The van der Waals surface area contributed by atoms with Gasteiger partial charge in [-0.1, -0.05) is 0 Å². The summed E-state index contributed by atoms with van der Waals surface area (Å²) < 4.78 is 44.3. The first-order valence-corrected chi connectivity index (χ1v) is 7.31. The second-order valence-electron chi connectivity index (χ2n) is 3.93. The second kappa shape index (κ2) is 5.70. The second-order valence-corrected chi connectivity index (χ2v) is 6.25. The number of benzene rings is 1. The quantitative estimate of drug-likeness (QED) is 0.667. The lowest BCUT2D eigenvalue weighted by molar-refractivity contribution is 0.0808. The Labute approximate surface area is 129 Å². The van der Waals surface area contributed by atoms with Gasteiger partial charge in [-0.2, -0.15) is 0 Å². The van der Waals surface area contributed by atoms with Crippen molar-refractivity contribution in [2.45, 2.75) is 25.1 Å². The van der Waals surface area contributed by atoms with Crippen LogP contribution in [0.5, 0.6) is 5.75 Å². The van der Waals surface area contributed by atoms with E-state index in [1.807, 2.05) is 45.2 Å². The zero-order valence-electron chi connectivity index (χ0n) is 8.97. The highest BCUT2D eigenvalue weighted by atomic mass is 127. The van der Waals surface area contributed by atoms with E-state index in [0.29, 0.717) is 14.7 Å². The van der Waals surface area contributed by atoms with Crippen molar-refractivity contribution in [2.75, 3.05) is 6.61 Å². The molecule has 0 radical (unpaired) electrons. The van der Waals surface area contributed by atoms with Gasteiger partial charge >= 0.3 is 0 Å². The number of fused-ring (bicyclic) bond motifs is 1. The van der Waals surface area contributed by atoms with E-state index in [0.717, 1.165) is 3.57 Å². The van der Waals surface area contributed by atoms with E-state index in [-0.39, 0.29) is 12.2 Å². The van der Waals surface area contributed by atoms with Crippen LogP contribution in [0.15, 0.2) is 6.07 Å². The van der Waals surface area contributed by atoms with Crippen LogP contribution in [-0.4, -0.2) is 24.3 Å². The molecule has 2 nitrogen and oxygen atoms in total. The molecule has 1 aromatic rings. The lowest BCUT2D eigenvalue weighted by Gasteiger charge is -2.14. The highest BCUT2D eigenvalue weighted by molar-refractivity contribution is 14.1. The molecular weight excluding hydrogens is 475 g/mol. The van der Waals surface area contributed by atoms with Gasteiger partial charge in [0.15, 0.2) is 0 Å². The van der Waals surface area contributed by atoms with Crippen molar-refractivity contribution >= 4 is 45.2 Å². The normalized spacial score (nSPS) is 22.4. The van der Waals surface area contributed by atoms with Crippen molar-refractivity contribution in [1.29, 1.82) is 0 Å². The number of alkyl halides is 3. The van der Waals surface area contributed by atoms with Crippen molar-refractivity contribution in [3.8, 4) is 5.75 Å². The molecule has 7 heteroatoms. The van der Waals surface area contributed by atoms with E-state index in [1.54, 1.807) is 6.07 Å². The van der Waals surface area contributed by atoms with Gasteiger partial charge in [-0.3, -0.25) is 0 Å². The predicted molar refractivity (Wildman–Crippen MR) is 76.9 cm³/mol. The van der Waals surface area contributed by atoms with Gasteiger partial charge in [-0.05, 0) is 51.2 Å². The van der Waals surface area contributed by atoms with Crippen LogP contribution in [0.1, 0.15) is 17.2 Å². The Bertz CT molecular complexity index is 468. The van der Waals surface area contributed by atoms with Crippen molar-refractivity contribution in [3.05, 3.63) is 24.3 Å². The Morgan fingerprint density at radius 2 is 2.06 bits per heavy atom. The fourth-order valence-electron chi connectivity index (χ4n) is 1.98. The molecule has 2 atom stereocenters. The van der Waals surface area contributed by atoms with Crippen molar-refractivity contribution in [2.24, 2.45) is 0 Å². The molecule has 0 bridgehead atoms. The number of hydrogen-bond donors (Lipinski definition) is 1. The van der Waals surface area contributed by atoms with Crippen LogP contribution in [-0.2, 0) is 6.42 Å². The Hall–Kier alpha value is 0.230. The molecule has 0 amide bonds. The van der Waals surface area contributed by atoms with Crippen molar-refractivity contribution in [3.63, 3.8) is 0 Å². The Morgan fingerprint density at radius 3 is 2.67 bits per heavy atom. The monoisotopic (exact) mass is 484 g/mol. The summed E-state index contributed by atoms with van der Waals surface area (Å²) in [5, 5.41) is 9.74. The molecular formula is C11H9F3I2O2. The van der Waals surface area contributed by atoms with E-state index in [4.69, 9.17) is 4.74 Å². The van der Waals surface area contributed by atoms with E-state index < -0.39 is 25.3 Å². The third kappa shape index (κ3) is 2.72. The molecule has 0 aliphatic heterocycles. The van der Waals surface area contributed by atoms with Crippen molar-refractivity contribution in [1.82, 2.24) is 0 Å². The zero-order chi connectivity index (χ0) is 13.4. The summed E-state index contributed by atoms with van der Waals surface area (Å²) in [5.74, 6) is 0.269. The molecule has 2 unspecified atom stereocenters. The highest BCUT2D eigenvalue weighted by Gasteiger charge is 2.36. The van der Waals surface area contributed by atoms with Gasteiger partial charge in [0.25, 0.3) is 6.43 Å². The maximum Gasteiger partial charge on any atom is 0.272 e. The summed E-state index contributed by atoms with van der Waals surface area (Å²) in [4.78, 5) is 0. The molecule has 1 N–H and O–H groups in total. The van der Waals surface area contributed by atoms with Gasteiger partial charge in [-0.25, -0.2) is 13.2 Å². The Kier molecular flexibility index (Phi) is 4.63. The van der Waals surface area contributed by atoms with E-state index in [9.17, 15) is 18.3 Å². The molecule has 18 heavy (non-hydrogen) atoms. The Balaban J connectivity index is 2.42. The maximum atomic E-state index is 13.5. The molecule has 0 aromatic heterocycles. The summed E-state index contributed by atoms with van der Waals surface area (Å²) in [7, 11) is 0. The van der Waals surface area contributed by atoms with Gasteiger partial charge in [0, 0.05) is 21.1 Å². The number of halogens is 5. The number of aliphatic hydroxyl groups is 1. The van der Waals surface area contributed by atoms with Crippen LogP contribution >= 0.6 is 45.2 Å². The smallest absolute Gasteiger partial charge is 0.272 e. The minimum Gasteiger partial charge on any atom is -0.486 e. The molecule has 0 saturated heterocycles. The van der Waals surface area contributed by atoms with Gasteiger partial charge in [0.1, 0.15) is 24.6 Å². The third-order valence-electron chi connectivity index (χ3n) is 2.72. The molecule has 0 spiro atoms.